The van der Waals surface area contributed by atoms with E-state index in [4.69, 9.17) is 0 Å². The van der Waals surface area contributed by atoms with Crippen LogP contribution in [0, 0.1) is 0 Å². The zero-order valence-electron chi connectivity index (χ0n) is 7.01. The number of ketones is 2. The van der Waals surface area contributed by atoms with E-state index in [-0.39, 0.29) is 28.0 Å². The van der Waals surface area contributed by atoms with Gasteiger partial charge in [-0.25, -0.2) is 0 Å². The Morgan fingerprint density at radius 2 is 2.00 bits per heavy atom. The van der Waals surface area contributed by atoms with Gasteiger partial charge in [0, 0.05) is 0 Å². The summed E-state index contributed by atoms with van der Waals surface area (Å²) in [6.07, 6.45) is 0.126. The summed E-state index contributed by atoms with van der Waals surface area (Å²) in [4.78, 5) is 22.3. The maximum atomic E-state index is 11.2. The second-order valence-electron chi connectivity index (χ2n) is 3.34. The zero-order valence-corrected chi connectivity index (χ0v) is 7.83. The van der Waals surface area contributed by atoms with Crippen molar-refractivity contribution >= 4 is 23.3 Å². The van der Waals surface area contributed by atoms with Crippen molar-refractivity contribution in [3.8, 4) is 0 Å². The first-order valence-corrected chi connectivity index (χ1v) is 4.55. The summed E-state index contributed by atoms with van der Waals surface area (Å²) < 4.78 is -0.354. The Morgan fingerprint density at radius 1 is 1.45 bits per heavy atom. The van der Waals surface area contributed by atoms with Crippen molar-refractivity contribution < 1.29 is 9.59 Å². The van der Waals surface area contributed by atoms with E-state index in [1.165, 1.54) is 11.8 Å². The van der Waals surface area contributed by atoms with Crippen LogP contribution in [0.5, 0.6) is 0 Å². The van der Waals surface area contributed by atoms with E-state index in [0.717, 1.165) is 0 Å². The van der Waals surface area contributed by atoms with Gasteiger partial charge in [0.2, 0.25) is 0 Å². The average molecular weight is 172 g/mol. The van der Waals surface area contributed by atoms with E-state index in [9.17, 15) is 9.59 Å². The van der Waals surface area contributed by atoms with Crippen molar-refractivity contribution in [2.75, 3.05) is 0 Å². The van der Waals surface area contributed by atoms with Crippen LogP contribution in [0.3, 0.4) is 0 Å². The van der Waals surface area contributed by atoms with Crippen LogP contribution in [0.25, 0.3) is 0 Å². The molecule has 1 aliphatic heterocycles. The van der Waals surface area contributed by atoms with Crippen LogP contribution in [0.4, 0.5) is 0 Å². The van der Waals surface area contributed by atoms with Crippen LogP contribution in [-0.2, 0) is 9.59 Å². The van der Waals surface area contributed by atoms with E-state index < -0.39 is 0 Å². The fraction of sp³-hybridized carbons (Fsp3) is 0.750. The molecule has 1 saturated heterocycles. The summed E-state index contributed by atoms with van der Waals surface area (Å²) in [6, 6.07) is 0. The lowest BCUT2D eigenvalue weighted by Gasteiger charge is -2.30. The third-order valence-corrected chi connectivity index (χ3v) is 3.36. The van der Waals surface area contributed by atoms with Crippen molar-refractivity contribution in [2.45, 2.75) is 37.2 Å². The predicted octanol–water partition coefficient (Wildman–Crippen LogP) is 1.43. The maximum absolute atomic E-state index is 11.2. The molecule has 0 aromatic rings. The molecule has 1 rings (SSSR count). The zero-order chi connectivity index (χ0) is 8.65. The molecule has 0 N–H and O–H groups in total. The summed E-state index contributed by atoms with van der Waals surface area (Å²) in [5, 5.41) is -0.0114. The van der Waals surface area contributed by atoms with E-state index in [0.29, 0.717) is 0 Å². The van der Waals surface area contributed by atoms with Gasteiger partial charge in [0.05, 0.1) is 16.4 Å². The summed E-state index contributed by atoms with van der Waals surface area (Å²) in [6.45, 7) is 5.62. The number of hydrogen-bond acceptors (Lipinski definition) is 3. The Morgan fingerprint density at radius 3 is 2.45 bits per heavy atom. The first kappa shape index (κ1) is 8.78. The maximum Gasteiger partial charge on any atom is 0.155 e. The van der Waals surface area contributed by atoms with Gasteiger partial charge in [-0.15, -0.1) is 11.8 Å². The SMILES string of the molecule is CC1SC(C)(C)C(=O)CC1=O. The molecule has 1 aliphatic rings. The Kier molecular flexibility index (Phi) is 2.10. The highest BCUT2D eigenvalue weighted by atomic mass is 32.2. The topological polar surface area (TPSA) is 34.1 Å². The second kappa shape index (κ2) is 2.63. The van der Waals surface area contributed by atoms with Gasteiger partial charge < -0.3 is 0 Å². The lowest BCUT2D eigenvalue weighted by atomic mass is 10.0. The van der Waals surface area contributed by atoms with Crippen molar-refractivity contribution in [1.82, 2.24) is 0 Å². The molecule has 11 heavy (non-hydrogen) atoms. The average Bonchev–Trinajstić information content (AvgIpc) is 1.83. The number of rotatable bonds is 0. The van der Waals surface area contributed by atoms with Gasteiger partial charge in [-0.05, 0) is 20.8 Å². The summed E-state index contributed by atoms with van der Waals surface area (Å²) in [5.74, 6) is 0.130. The van der Waals surface area contributed by atoms with Crippen molar-refractivity contribution in [3.63, 3.8) is 0 Å². The summed E-state index contributed by atoms with van der Waals surface area (Å²) in [7, 11) is 0. The molecule has 0 spiro atoms. The second-order valence-corrected chi connectivity index (χ2v) is 5.30. The third kappa shape index (κ3) is 1.64. The molecule has 0 amide bonds. The molecule has 3 heteroatoms. The Labute approximate surface area is 70.7 Å². The Bertz CT molecular complexity index is 208. The highest BCUT2D eigenvalue weighted by Crippen LogP contribution is 2.35. The van der Waals surface area contributed by atoms with Gasteiger partial charge in [-0.2, -0.15) is 0 Å². The van der Waals surface area contributed by atoms with Crippen LogP contribution in [0.2, 0.25) is 0 Å². The highest BCUT2D eigenvalue weighted by Gasteiger charge is 2.38. The highest BCUT2D eigenvalue weighted by molar-refractivity contribution is 8.02. The van der Waals surface area contributed by atoms with E-state index in [1.54, 1.807) is 0 Å². The fourth-order valence-corrected chi connectivity index (χ4v) is 2.39. The molecular formula is C8H12O2S. The minimum absolute atomic E-state index is 0.0114. The molecule has 0 saturated carbocycles. The smallest absolute Gasteiger partial charge is 0.155 e. The van der Waals surface area contributed by atoms with Crippen LogP contribution in [-0.4, -0.2) is 21.6 Å². The quantitative estimate of drug-likeness (QED) is 0.518. The van der Waals surface area contributed by atoms with Crippen LogP contribution in [0.1, 0.15) is 27.2 Å². The Balaban J connectivity index is 2.79. The van der Waals surface area contributed by atoms with Crippen LogP contribution < -0.4 is 0 Å². The van der Waals surface area contributed by atoms with Crippen LogP contribution in [0.15, 0.2) is 0 Å². The lowest BCUT2D eigenvalue weighted by molar-refractivity contribution is -0.128. The first-order chi connectivity index (χ1) is 4.93. The van der Waals surface area contributed by atoms with Crippen molar-refractivity contribution in [1.29, 1.82) is 0 Å². The van der Waals surface area contributed by atoms with Gasteiger partial charge in [-0.3, -0.25) is 9.59 Å². The molecule has 2 nitrogen and oxygen atoms in total. The molecule has 0 aromatic heterocycles. The van der Waals surface area contributed by atoms with Crippen molar-refractivity contribution in [3.05, 3.63) is 0 Å². The monoisotopic (exact) mass is 172 g/mol. The molecule has 0 radical (unpaired) electrons. The number of carbonyl (C=O) groups is 2. The molecule has 1 unspecified atom stereocenters. The van der Waals surface area contributed by atoms with E-state index in [2.05, 4.69) is 0 Å². The number of Topliss-reactive ketones (excluding diaryl/α,β-unsaturated/α-hetero) is 2. The molecule has 1 atom stereocenters. The molecular weight excluding hydrogens is 160 g/mol. The molecule has 0 aliphatic carbocycles. The molecule has 1 heterocycles. The standard InChI is InChI=1S/C8H12O2S/c1-5-6(9)4-7(10)8(2,3)11-5/h5H,4H2,1-3H3. The molecule has 0 aromatic carbocycles. The van der Waals surface area contributed by atoms with Gasteiger partial charge >= 0.3 is 0 Å². The number of carbonyl (C=O) groups excluding carboxylic acids is 2. The van der Waals surface area contributed by atoms with E-state index in [1.807, 2.05) is 20.8 Å². The minimum atomic E-state index is -0.354. The predicted molar refractivity (Wildman–Crippen MR) is 45.8 cm³/mol. The van der Waals surface area contributed by atoms with Crippen LogP contribution >= 0.6 is 11.8 Å². The van der Waals surface area contributed by atoms with Gasteiger partial charge in [0.25, 0.3) is 0 Å². The molecule has 0 bridgehead atoms. The third-order valence-electron chi connectivity index (χ3n) is 1.93. The van der Waals surface area contributed by atoms with Gasteiger partial charge in [-0.1, -0.05) is 0 Å². The van der Waals surface area contributed by atoms with E-state index >= 15 is 0 Å². The number of thioether (sulfide) groups is 1. The lowest BCUT2D eigenvalue weighted by Crippen LogP contribution is -2.39. The first-order valence-electron chi connectivity index (χ1n) is 3.67. The largest absolute Gasteiger partial charge is 0.298 e. The molecule has 1 fully saturated rings. The van der Waals surface area contributed by atoms with Gasteiger partial charge in [0.1, 0.15) is 0 Å². The fourth-order valence-electron chi connectivity index (χ4n) is 1.09. The normalized spacial score (nSPS) is 30.6. The number of hydrogen-bond donors (Lipinski definition) is 0. The summed E-state index contributed by atoms with van der Waals surface area (Å²) >= 11 is 1.46. The minimum Gasteiger partial charge on any atom is -0.298 e. The van der Waals surface area contributed by atoms with Crippen molar-refractivity contribution in [2.24, 2.45) is 0 Å². The Hall–Kier alpha value is -0.310. The van der Waals surface area contributed by atoms with Gasteiger partial charge in [0.15, 0.2) is 11.6 Å². The molecule has 62 valence electrons. The summed E-state index contributed by atoms with van der Waals surface area (Å²) in [5.41, 5.74) is 0.